The molecule has 0 rings (SSSR count). The summed E-state index contributed by atoms with van der Waals surface area (Å²) in [5, 5.41) is 8.67. The first-order chi connectivity index (χ1) is 7.02. The molecule has 0 aromatic rings. The van der Waals surface area contributed by atoms with Gasteiger partial charge in [-0.25, -0.2) is 9.59 Å². The summed E-state index contributed by atoms with van der Waals surface area (Å²) < 4.78 is 4.62. The van der Waals surface area contributed by atoms with Gasteiger partial charge in [0, 0.05) is 0 Å². The zero-order valence-electron chi connectivity index (χ0n) is 8.46. The molecule has 15 heavy (non-hydrogen) atoms. The molecule has 0 aliphatic heterocycles. The number of nitrogens with one attached hydrogen (secondary N) is 2. The van der Waals surface area contributed by atoms with Crippen molar-refractivity contribution in [2.45, 2.75) is 13.8 Å². The van der Waals surface area contributed by atoms with Crippen LogP contribution in [0.15, 0.2) is 11.3 Å². The van der Waals surface area contributed by atoms with Crippen molar-refractivity contribution in [3.8, 4) is 6.07 Å². The van der Waals surface area contributed by atoms with E-state index in [0.717, 1.165) is 0 Å². The number of hydrogen-bond acceptors (Lipinski definition) is 5. The summed E-state index contributed by atoms with van der Waals surface area (Å²) in [5.41, 5.74) is 9.06. The van der Waals surface area contributed by atoms with Gasteiger partial charge < -0.3 is 10.5 Å². The number of nitriles is 1. The van der Waals surface area contributed by atoms with E-state index in [9.17, 15) is 9.59 Å². The van der Waals surface area contributed by atoms with E-state index in [1.165, 1.54) is 6.92 Å². The number of carbonyl (C=O) groups is 2. The Kier molecular flexibility index (Phi) is 5.33. The Balaban J connectivity index is 4.61. The van der Waals surface area contributed by atoms with Gasteiger partial charge in [0.25, 0.3) is 0 Å². The minimum Gasteiger partial charge on any atom is -0.462 e. The van der Waals surface area contributed by atoms with Crippen molar-refractivity contribution in [2.75, 3.05) is 6.61 Å². The molecule has 82 valence electrons. The molecular formula is C8H12N4O3. The van der Waals surface area contributed by atoms with Gasteiger partial charge in [-0.15, -0.1) is 0 Å². The Labute approximate surface area is 86.8 Å². The van der Waals surface area contributed by atoms with Crippen LogP contribution in [0, 0.1) is 11.3 Å². The molecule has 7 nitrogen and oxygen atoms in total. The molecule has 0 aromatic heterocycles. The van der Waals surface area contributed by atoms with Crippen molar-refractivity contribution in [3.63, 3.8) is 0 Å². The van der Waals surface area contributed by atoms with Gasteiger partial charge in [0.05, 0.1) is 12.3 Å². The number of allylic oxidation sites excluding steroid dienone is 1. The van der Waals surface area contributed by atoms with Crippen LogP contribution >= 0.6 is 0 Å². The van der Waals surface area contributed by atoms with Crippen molar-refractivity contribution >= 4 is 12.0 Å². The highest BCUT2D eigenvalue weighted by atomic mass is 16.5. The Morgan fingerprint density at radius 2 is 2.07 bits per heavy atom. The Bertz CT molecular complexity index is 329. The van der Waals surface area contributed by atoms with Gasteiger partial charge in [-0.3, -0.25) is 10.9 Å². The number of nitrogens with two attached hydrogens (primary N) is 1. The normalized spacial score (nSPS) is 10.7. The van der Waals surface area contributed by atoms with Crippen LogP contribution in [-0.4, -0.2) is 18.6 Å². The lowest BCUT2D eigenvalue weighted by Crippen LogP contribution is -2.40. The van der Waals surface area contributed by atoms with E-state index in [2.05, 4.69) is 10.2 Å². The summed E-state index contributed by atoms with van der Waals surface area (Å²) in [6.07, 6.45) is 0. The number of hydrazine groups is 1. The van der Waals surface area contributed by atoms with E-state index >= 15 is 0 Å². The van der Waals surface area contributed by atoms with Gasteiger partial charge in [0.15, 0.2) is 5.57 Å². The molecule has 0 saturated carbocycles. The second kappa shape index (κ2) is 6.26. The summed E-state index contributed by atoms with van der Waals surface area (Å²) in [4.78, 5) is 21.5. The Hall–Kier alpha value is -2.23. The van der Waals surface area contributed by atoms with Gasteiger partial charge in [-0.2, -0.15) is 5.26 Å². The summed E-state index contributed by atoms with van der Waals surface area (Å²) >= 11 is 0. The fraction of sp³-hybridized carbons (Fsp3) is 0.375. The molecule has 2 amide bonds. The molecule has 0 bridgehead atoms. The number of carbonyl (C=O) groups excluding carboxylic acids is 2. The van der Waals surface area contributed by atoms with E-state index < -0.39 is 12.0 Å². The van der Waals surface area contributed by atoms with Gasteiger partial charge >= 0.3 is 12.0 Å². The summed E-state index contributed by atoms with van der Waals surface area (Å²) in [7, 11) is 0. The standard InChI is InChI=1S/C8H12N4O3/c1-3-15-7(13)6(4-9)5(2)11-12-8(10)14/h11H,3H2,1-2H3,(H3,10,12,14)/b6-5+. The van der Waals surface area contributed by atoms with Crippen LogP contribution in [0.4, 0.5) is 4.79 Å². The molecule has 4 N–H and O–H groups in total. The Morgan fingerprint density at radius 1 is 1.47 bits per heavy atom. The second-order valence-corrected chi connectivity index (χ2v) is 2.45. The number of amides is 2. The van der Waals surface area contributed by atoms with E-state index in [1.807, 2.05) is 5.43 Å². The maximum absolute atomic E-state index is 11.2. The molecule has 0 heterocycles. The third-order valence-electron chi connectivity index (χ3n) is 1.34. The van der Waals surface area contributed by atoms with Crippen LogP contribution < -0.4 is 16.6 Å². The van der Waals surface area contributed by atoms with Crippen LogP contribution in [0.2, 0.25) is 0 Å². The SMILES string of the molecule is CCOC(=O)/C(C#N)=C(\C)NNC(N)=O. The van der Waals surface area contributed by atoms with Gasteiger partial charge in [0.1, 0.15) is 6.07 Å². The molecule has 0 aromatic carbocycles. The molecule has 0 atom stereocenters. The first-order valence-corrected chi connectivity index (χ1v) is 4.12. The number of hydrogen-bond donors (Lipinski definition) is 3. The fourth-order valence-corrected chi connectivity index (χ4v) is 0.704. The Morgan fingerprint density at radius 3 is 2.47 bits per heavy atom. The van der Waals surface area contributed by atoms with Crippen LogP contribution in [-0.2, 0) is 9.53 Å². The molecule has 0 fully saturated rings. The number of esters is 1. The predicted molar refractivity (Wildman–Crippen MR) is 50.8 cm³/mol. The average Bonchev–Trinajstić information content (AvgIpc) is 2.16. The number of rotatable bonds is 4. The molecule has 0 saturated heterocycles. The third kappa shape index (κ3) is 4.52. The summed E-state index contributed by atoms with van der Waals surface area (Å²) in [6, 6.07) is 0.837. The number of primary amides is 1. The lowest BCUT2D eigenvalue weighted by atomic mass is 10.2. The van der Waals surface area contributed by atoms with Crippen molar-refractivity contribution in [3.05, 3.63) is 11.3 Å². The highest BCUT2D eigenvalue weighted by molar-refractivity contribution is 5.93. The maximum atomic E-state index is 11.2. The van der Waals surface area contributed by atoms with Crippen molar-refractivity contribution in [1.82, 2.24) is 10.9 Å². The minimum atomic E-state index is -0.824. The van der Waals surface area contributed by atoms with Crippen molar-refractivity contribution in [2.24, 2.45) is 5.73 Å². The monoisotopic (exact) mass is 212 g/mol. The maximum Gasteiger partial charge on any atom is 0.350 e. The highest BCUT2D eigenvalue weighted by Gasteiger charge is 2.13. The fourth-order valence-electron chi connectivity index (χ4n) is 0.704. The molecular weight excluding hydrogens is 200 g/mol. The summed E-state index contributed by atoms with van der Waals surface area (Å²) in [6.45, 7) is 3.23. The van der Waals surface area contributed by atoms with Gasteiger partial charge in [0.2, 0.25) is 0 Å². The quantitative estimate of drug-likeness (QED) is 0.252. The molecule has 0 spiro atoms. The first-order valence-electron chi connectivity index (χ1n) is 4.12. The van der Waals surface area contributed by atoms with E-state index in [0.29, 0.717) is 0 Å². The van der Waals surface area contributed by atoms with E-state index in [1.54, 1.807) is 13.0 Å². The first kappa shape index (κ1) is 12.8. The number of nitrogens with zero attached hydrogens (tertiary/aromatic N) is 1. The molecule has 0 unspecified atom stereocenters. The smallest absolute Gasteiger partial charge is 0.350 e. The third-order valence-corrected chi connectivity index (χ3v) is 1.34. The zero-order chi connectivity index (χ0) is 11.8. The summed E-state index contributed by atoms with van der Waals surface area (Å²) in [5.74, 6) is -0.753. The predicted octanol–water partition coefficient (Wildman–Crippen LogP) is -0.480. The van der Waals surface area contributed by atoms with Gasteiger partial charge in [-0.05, 0) is 13.8 Å². The lowest BCUT2D eigenvalue weighted by Gasteiger charge is -2.08. The molecule has 0 aliphatic rings. The van der Waals surface area contributed by atoms with Gasteiger partial charge in [-0.1, -0.05) is 0 Å². The van der Waals surface area contributed by atoms with Crippen LogP contribution in [0.1, 0.15) is 13.8 Å². The number of urea groups is 1. The topological polar surface area (TPSA) is 117 Å². The van der Waals surface area contributed by atoms with E-state index in [4.69, 9.17) is 11.0 Å². The molecule has 7 heteroatoms. The molecule has 0 radical (unpaired) electrons. The number of ether oxygens (including phenoxy) is 1. The van der Waals surface area contributed by atoms with Crippen molar-refractivity contribution in [1.29, 1.82) is 5.26 Å². The minimum absolute atomic E-state index is 0.162. The average molecular weight is 212 g/mol. The largest absolute Gasteiger partial charge is 0.462 e. The van der Waals surface area contributed by atoms with Crippen LogP contribution in [0.3, 0.4) is 0 Å². The highest BCUT2D eigenvalue weighted by Crippen LogP contribution is 2.01. The van der Waals surface area contributed by atoms with Crippen molar-refractivity contribution < 1.29 is 14.3 Å². The second-order valence-electron chi connectivity index (χ2n) is 2.45. The zero-order valence-corrected chi connectivity index (χ0v) is 8.46. The lowest BCUT2D eigenvalue weighted by molar-refractivity contribution is -0.138. The van der Waals surface area contributed by atoms with Crippen LogP contribution in [0.25, 0.3) is 0 Å². The van der Waals surface area contributed by atoms with Crippen LogP contribution in [0.5, 0.6) is 0 Å². The molecule has 0 aliphatic carbocycles. The van der Waals surface area contributed by atoms with E-state index in [-0.39, 0.29) is 17.9 Å².